The first-order valence-electron chi connectivity index (χ1n) is 8.17. The summed E-state index contributed by atoms with van der Waals surface area (Å²) in [5.41, 5.74) is 2.66. The molecule has 0 saturated carbocycles. The van der Waals surface area contributed by atoms with Crippen molar-refractivity contribution in [2.24, 2.45) is 4.99 Å². The second-order valence-corrected chi connectivity index (χ2v) is 5.41. The fraction of sp³-hybridized carbons (Fsp3) is 0.333. The van der Waals surface area contributed by atoms with E-state index in [1.807, 2.05) is 18.2 Å². The number of aromatic nitrogens is 1. The maximum Gasteiger partial charge on any atom is 0.198 e. The molecule has 2 aromatic rings. The zero-order valence-electron chi connectivity index (χ0n) is 13.5. The van der Waals surface area contributed by atoms with Crippen molar-refractivity contribution in [3.63, 3.8) is 0 Å². The molecule has 1 aliphatic heterocycles. The number of guanidine groups is 1. The van der Waals surface area contributed by atoms with Gasteiger partial charge in [0.15, 0.2) is 5.96 Å². The summed E-state index contributed by atoms with van der Waals surface area (Å²) in [5.74, 6) is 1.85. The van der Waals surface area contributed by atoms with Crippen LogP contribution in [0.3, 0.4) is 0 Å². The van der Waals surface area contributed by atoms with Crippen LogP contribution in [0.25, 0.3) is 0 Å². The number of anilines is 2. The predicted octanol–water partition coefficient (Wildman–Crippen LogP) is 2.52. The average Bonchev–Trinajstić information content (AvgIpc) is 3.03. The van der Waals surface area contributed by atoms with E-state index in [9.17, 15) is 0 Å². The van der Waals surface area contributed by atoms with Crippen LogP contribution in [-0.2, 0) is 6.42 Å². The summed E-state index contributed by atoms with van der Waals surface area (Å²) >= 11 is 0. The highest BCUT2D eigenvalue weighted by atomic mass is 15.3. The molecule has 0 aliphatic carbocycles. The minimum absolute atomic E-state index is 0.706. The molecule has 2 N–H and O–H groups in total. The van der Waals surface area contributed by atoms with E-state index in [1.165, 1.54) is 11.3 Å². The van der Waals surface area contributed by atoms with Gasteiger partial charge in [-0.2, -0.15) is 0 Å². The van der Waals surface area contributed by atoms with Crippen LogP contribution >= 0.6 is 0 Å². The molecule has 0 spiro atoms. The monoisotopic (exact) mass is 309 g/mol. The van der Waals surface area contributed by atoms with Gasteiger partial charge in [-0.3, -0.25) is 4.99 Å². The van der Waals surface area contributed by atoms with Crippen molar-refractivity contribution in [2.75, 3.05) is 36.4 Å². The fourth-order valence-electron chi connectivity index (χ4n) is 2.77. The van der Waals surface area contributed by atoms with Crippen molar-refractivity contribution in [3.8, 4) is 0 Å². The Morgan fingerprint density at radius 3 is 2.91 bits per heavy atom. The SMILES string of the molecule is CCNC(=NCCNc1ccccn1)N1CCc2ccccc21. The highest BCUT2D eigenvalue weighted by molar-refractivity contribution is 5.97. The first-order valence-corrected chi connectivity index (χ1v) is 8.17. The van der Waals surface area contributed by atoms with Gasteiger partial charge in [0.25, 0.3) is 0 Å². The van der Waals surface area contributed by atoms with Crippen molar-refractivity contribution >= 4 is 17.5 Å². The fourth-order valence-corrected chi connectivity index (χ4v) is 2.77. The normalized spacial score (nSPS) is 13.8. The maximum absolute atomic E-state index is 4.75. The molecule has 5 nitrogen and oxygen atoms in total. The van der Waals surface area contributed by atoms with Crippen molar-refractivity contribution in [1.29, 1.82) is 0 Å². The third-order valence-corrected chi connectivity index (χ3v) is 3.82. The van der Waals surface area contributed by atoms with Gasteiger partial charge in [0.05, 0.1) is 6.54 Å². The van der Waals surface area contributed by atoms with Gasteiger partial charge in [-0.15, -0.1) is 0 Å². The summed E-state index contributed by atoms with van der Waals surface area (Å²) in [7, 11) is 0. The number of hydrogen-bond donors (Lipinski definition) is 2. The largest absolute Gasteiger partial charge is 0.368 e. The third-order valence-electron chi connectivity index (χ3n) is 3.82. The Bertz CT molecular complexity index is 653. The lowest BCUT2D eigenvalue weighted by atomic mass is 10.2. The molecule has 0 fully saturated rings. The quantitative estimate of drug-likeness (QED) is 0.506. The highest BCUT2D eigenvalue weighted by Crippen LogP contribution is 2.27. The lowest BCUT2D eigenvalue weighted by molar-refractivity contribution is 0.881. The van der Waals surface area contributed by atoms with Crippen LogP contribution in [0.1, 0.15) is 12.5 Å². The van der Waals surface area contributed by atoms with E-state index in [2.05, 4.69) is 51.7 Å². The summed E-state index contributed by atoms with van der Waals surface area (Å²) in [6, 6.07) is 14.4. The van der Waals surface area contributed by atoms with E-state index in [1.54, 1.807) is 6.20 Å². The van der Waals surface area contributed by atoms with Crippen LogP contribution in [0, 0.1) is 0 Å². The molecule has 1 aromatic heterocycles. The Labute approximate surface area is 137 Å². The van der Waals surface area contributed by atoms with Crippen LogP contribution in [0.5, 0.6) is 0 Å². The Kier molecular flexibility index (Phi) is 5.09. The minimum atomic E-state index is 0.706. The number of fused-ring (bicyclic) bond motifs is 1. The number of nitrogens with zero attached hydrogens (tertiary/aromatic N) is 3. The average molecular weight is 309 g/mol. The summed E-state index contributed by atoms with van der Waals surface area (Å²) in [6.07, 6.45) is 2.86. The molecule has 0 saturated heterocycles. The zero-order chi connectivity index (χ0) is 15.9. The number of benzene rings is 1. The molecule has 1 aromatic carbocycles. The van der Waals surface area contributed by atoms with Crippen LogP contribution < -0.4 is 15.5 Å². The standard InChI is InChI=1S/C18H23N5/c1-2-19-18(22-13-12-21-17-9-5-6-11-20-17)23-14-10-15-7-3-4-8-16(15)23/h3-9,11H,2,10,12-14H2,1H3,(H,19,22)(H,20,21). The molecule has 2 heterocycles. The molecule has 5 heteroatoms. The summed E-state index contributed by atoms with van der Waals surface area (Å²) in [6.45, 7) is 5.42. The molecule has 120 valence electrons. The first-order chi connectivity index (χ1) is 11.4. The molecule has 23 heavy (non-hydrogen) atoms. The van der Waals surface area contributed by atoms with Crippen LogP contribution in [-0.4, -0.2) is 37.1 Å². The number of para-hydroxylation sites is 1. The summed E-state index contributed by atoms with van der Waals surface area (Å²) < 4.78 is 0. The van der Waals surface area contributed by atoms with Crippen molar-refractivity contribution in [1.82, 2.24) is 10.3 Å². The van der Waals surface area contributed by atoms with Gasteiger partial charge in [-0.05, 0) is 37.1 Å². The topological polar surface area (TPSA) is 52.6 Å². The molecular weight excluding hydrogens is 286 g/mol. The van der Waals surface area contributed by atoms with Crippen LogP contribution in [0.15, 0.2) is 53.7 Å². The second-order valence-electron chi connectivity index (χ2n) is 5.41. The second kappa shape index (κ2) is 7.63. The molecule has 0 amide bonds. The van der Waals surface area contributed by atoms with Crippen LogP contribution in [0.2, 0.25) is 0 Å². The third kappa shape index (κ3) is 3.80. The first kappa shape index (κ1) is 15.3. The number of pyridine rings is 1. The maximum atomic E-state index is 4.75. The van der Waals surface area contributed by atoms with E-state index in [0.29, 0.717) is 6.54 Å². The van der Waals surface area contributed by atoms with Gasteiger partial charge in [-0.25, -0.2) is 4.98 Å². The van der Waals surface area contributed by atoms with Crippen molar-refractivity contribution in [2.45, 2.75) is 13.3 Å². The van der Waals surface area contributed by atoms with Gasteiger partial charge < -0.3 is 15.5 Å². The van der Waals surface area contributed by atoms with Gasteiger partial charge in [0, 0.05) is 31.5 Å². The minimum Gasteiger partial charge on any atom is -0.368 e. The number of nitrogens with one attached hydrogen (secondary N) is 2. The number of rotatable bonds is 5. The van der Waals surface area contributed by atoms with E-state index in [4.69, 9.17) is 4.99 Å². The van der Waals surface area contributed by atoms with Gasteiger partial charge in [0.2, 0.25) is 0 Å². The molecular formula is C18H23N5. The molecule has 1 aliphatic rings. The predicted molar refractivity (Wildman–Crippen MR) is 96.2 cm³/mol. The van der Waals surface area contributed by atoms with Gasteiger partial charge in [0.1, 0.15) is 5.82 Å². The van der Waals surface area contributed by atoms with Crippen molar-refractivity contribution < 1.29 is 0 Å². The van der Waals surface area contributed by atoms with Gasteiger partial charge in [-0.1, -0.05) is 24.3 Å². The van der Waals surface area contributed by atoms with Gasteiger partial charge >= 0.3 is 0 Å². The van der Waals surface area contributed by atoms with E-state index >= 15 is 0 Å². The molecule has 3 rings (SSSR count). The van der Waals surface area contributed by atoms with E-state index < -0.39 is 0 Å². The summed E-state index contributed by atoms with van der Waals surface area (Å²) in [4.78, 5) is 11.3. The Morgan fingerprint density at radius 2 is 2.09 bits per heavy atom. The van der Waals surface area contributed by atoms with E-state index in [0.717, 1.165) is 37.8 Å². The Morgan fingerprint density at radius 1 is 1.22 bits per heavy atom. The summed E-state index contributed by atoms with van der Waals surface area (Å²) in [5, 5.41) is 6.68. The molecule has 0 radical (unpaired) electrons. The molecule has 0 atom stereocenters. The molecule has 0 unspecified atom stereocenters. The lowest BCUT2D eigenvalue weighted by Gasteiger charge is -2.22. The van der Waals surface area contributed by atoms with E-state index in [-0.39, 0.29) is 0 Å². The molecule has 0 bridgehead atoms. The number of hydrogen-bond acceptors (Lipinski definition) is 3. The zero-order valence-corrected chi connectivity index (χ0v) is 13.5. The Balaban J connectivity index is 1.62. The van der Waals surface area contributed by atoms with Crippen LogP contribution in [0.4, 0.5) is 11.5 Å². The lowest BCUT2D eigenvalue weighted by Crippen LogP contribution is -2.40. The Hall–Kier alpha value is -2.56. The highest BCUT2D eigenvalue weighted by Gasteiger charge is 2.22. The number of aliphatic imine (C=N–C) groups is 1. The van der Waals surface area contributed by atoms with Crippen molar-refractivity contribution in [3.05, 3.63) is 54.2 Å². The smallest absolute Gasteiger partial charge is 0.198 e.